The molecule has 0 aromatic carbocycles. The third-order valence-electron chi connectivity index (χ3n) is 2.96. The second-order valence-corrected chi connectivity index (χ2v) is 7.10. The molecule has 0 aliphatic heterocycles. The largest absolute Gasteiger partial charge is 0.391 e. The van der Waals surface area contributed by atoms with E-state index in [1.54, 1.807) is 0 Å². The first-order valence-electron chi connectivity index (χ1n) is 5.10. The second kappa shape index (κ2) is 5.27. The van der Waals surface area contributed by atoms with E-state index in [1.807, 2.05) is 32.8 Å². The highest BCUT2D eigenvalue weighted by Crippen LogP contribution is 2.19. The fraction of sp³-hybridized carbons (Fsp3) is 1.00. The van der Waals surface area contributed by atoms with Gasteiger partial charge in [0.1, 0.15) is 9.84 Å². The van der Waals surface area contributed by atoms with Crippen molar-refractivity contribution >= 4 is 9.84 Å². The van der Waals surface area contributed by atoms with Gasteiger partial charge in [-0.2, -0.15) is 0 Å². The van der Waals surface area contributed by atoms with E-state index in [2.05, 4.69) is 0 Å². The summed E-state index contributed by atoms with van der Waals surface area (Å²) in [4.78, 5) is 1.94. The van der Waals surface area contributed by atoms with Crippen LogP contribution in [0.2, 0.25) is 0 Å². The van der Waals surface area contributed by atoms with Crippen LogP contribution in [0.1, 0.15) is 26.7 Å². The summed E-state index contributed by atoms with van der Waals surface area (Å²) in [6.07, 6.45) is 1.74. The predicted octanol–water partition coefficient (Wildman–Crippen LogP) is 0.512. The Labute approximate surface area is 93.2 Å². The predicted molar refractivity (Wildman–Crippen MR) is 62.7 cm³/mol. The van der Waals surface area contributed by atoms with Crippen LogP contribution in [0.4, 0.5) is 0 Å². The molecule has 0 rings (SSSR count). The van der Waals surface area contributed by atoms with E-state index in [9.17, 15) is 13.5 Å². The van der Waals surface area contributed by atoms with E-state index < -0.39 is 15.9 Å². The molecule has 0 amide bonds. The van der Waals surface area contributed by atoms with Crippen LogP contribution in [-0.4, -0.2) is 56.2 Å². The lowest BCUT2D eigenvalue weighted by molar-refractivity contribution is 0.0122. The second-order valence-electron chi connectivity index (χ2n) is 4.84. The Kier molecular flexibility index (Phi) is 5.23. The summed E-state index contributed by atoms with van der Waals surface area (Å²) in [6.45, 7) is 3.89. The third kappa shape index (κ3) is 5.49. The molecule has 5 heteroatoms. The lowest BCUT2D eigenvalue weighted by Gasteiger charge is -2.37. The molecule has 92 valence electrons. The SMILES string of the molecule is CN(C)C(C)(C)C(O)CCCS(C)(=O)=O. The van der Waals surface area contributed by atoms with Crippen molar-refractivity contribution in [3.05, 3.63) is 0 Å². The number of rotatable bonds is 6. The zero-order chi connectivity index (χ0) is 12.3. The number of hydrogen-bond acceptors (Lipinski definition) is 4. The van der Waals surface area contributed by atoms with E-state index in [1.165, 1.54) is 6.26 Å². The van der Waals surface area contributed by atoms with Crippen LogP contribution in [0.3, 0.4) is 0 Å². The first kappa shape index (κ1) is 14.9. The fourth-order valence-electron chi connectivity index (χ4n) is 1.19. The summed E-state index contributed by atoms with van der Waals surface area (Å²) in [6, 6.07) is 0. The van der Waals surface area contributed by atoms with Crippen LogP contribution in [0.5, 0.6) is 0 Å². The van der Waals surface area contributed by atoms with Gasteiger partial charge < -0.3 is 10.0 Å². The van der Waals surface area contributed by atoms with E-state index in [4.69, 9.17) is 0 Å². The highest BCUT2D eigenvalue weighted by atomic mass is 32.2. The van der Waals surface area contributed by atoms with Crippen molar-refractivity contribution < 1.29 is 13.5 Å². The Morgan fingerprint density at radius 3 is 2.13 bits per heavy atom. The van der Waals surface area contributed by atoms with Gasteiger partial charge in [0.15, 0.2) is 0 Å². The van der Waals surface area contributed by atoms with Crippen LogP contribution >= 0.6 is 0 Å². The Morgan fingerprint density at radius 1 is 1.33 bits per heavy atom. The summed E-state index contributed by atoms with van der Waals surface area (Å²) in [7, 11) is 0.895. The van der Waals surface area contributed by atoms with Crippen LogP contribution in [0, 0.1) is 0 Å². The van der Waals surface area contributed by atoms with Gasteiger partial charge in [0.05, 0.1) is 6.10 Å². The van der Waals surface area contributed by atoms with Gasteiger partial charge in [-0.25, -0.2) is 8.42 Å². The molecule has 0 aliphatic rings. The Bertz CT molecular complexity index is 283. The van der Waals surface area contributed by atoms with E-state index in [0.29, 0.717) is 12.8 Å². The van der Waals surface area contributed by atoms with Gasteiger partial charge in [0, 0.05) is 17.5 Å². The van der Waals surface area contributed by atoms with Gasteiger partial charge in [-0.05, 0) is 40.8 Å². The van der Waals surface area contributed by atoms with Gasteiger partial charge >= 0.3 is 0 Å². The Morgan fingerprint density at radius 2 is 1.80 bits per heavy atom. The summed E-state index contributed by atoms with van der Waals surface area (Å²) in [5, 5.41) is 9.91. The molecule has 0 aromatic heterocycles. The topological polar surface area (TPSA) is 57.6 Å². The quantitative estimate of drug-likeness (QED) is 0.731. The average molecular weight is 237 g/mol. The molecule has 0 aromatic rings. The van der Waals surface area contributed by atoms with E-state index >= 15 is 0 Å². The van der Waals surface area contributed by atoms with Crippen molar-refractivity contribution in [3.63, 3.8) is 0 Å². The van der Waals surface area contributed by atoms with Crippen molar-refractivity contribution in [2.75, 3.05) is 26.1 Å². The molecule has 0 bridgehead atoms. The molecule has 1 N–H and O–H groups in total. The average Bonchev–Trinajstić information content (AvgIpc) is 2.01. The minimum atomic E-state index is -2.91. The van der Waals surface area contributed by atoms with Crippen LogP contribution in [-0.2, 0) is 9.84 Å². The lowest BCUT2D eigenvalue weighted by Crippen LogP contribution is -2.48. The number of hydrogen-bond donors (Lipinski definition) is 1. The van der Waals surface area contributed by atoms with Crippen molar-refractivity contribution in [2.24, 2.45) is 0 Å². The Hall–Kier alpha value is -0.130. The molecule has 0 saturated carbocycles. The minimum absolute atomic E-state index is 0.146. The molecule has 0 radical (unpaired) electrons. The van der Waals surface area contributed by atoms with Crippen LogP contribution in [0.15, 0.2) is 0 Å². The van der Waals surface area contributed by atoms with Crippen molar-refractivity contribution in [1.82, 2.24) is 4.90 Å². The third-order valence-corrected chi connectivity index (χ3v) is 3.99. The molecule has 0 fully saturated rings. The van der Waals surface area contributed by atoms with Crippen molar-refractivity contribution in [1.29, 1.82) is 0 Å². The number of likely N-dealkylation sites (N-methyl/N-ethyl adjacent to an activating group) is 1. The zero-order valence-electron chi connectivity index (χ0n) is 10.3. The molecule has 4 nitrogen and oxygen atoms in total. The smallest absolute Gasteiger partial charge is 0.147 e. The summed E-state index contributed by atoms with van der Waals surface area (Å²) >= 11 is 0. The van der Waals surface area contributed by atoms with Crippen molar-refractivity contribution in [2.45, 2.75) is 38.3 Å². The molecule has 0 heterocycles. The molecule has 0 aliphatic carbocycles. The van der Waals surface area contributed by atoms with Gasteiger partial charge in [0.25, 0.3) is 0 Å². The fourth-order valence-corrected chi connectivity index (χ4v) is 1.88. The standard InChI is InChI=1S/C10H23NO3S/c1-10(2,11(3)4)9(12)7-6-8-15(5,13)14/h9,12H,6-8H2,1-5H3. The normalized spacial score (nSPS) is 15.7. The number of aliphatic hydroxyl groups excluding tert-OH is 1. The Balaban J connectivity index is 4.10. The van der Waals surface area contributed by atoms with Crippen LogP contribution in [0.25, 0.3) is 0 Å². The maximum absolute atomic E-state index is 10.9. The molecule has 0 spiro atoms. The number of sulfone groups is 1. The van der Waals surface area contributed by atoms with Gasteiger partial charge in [-0.1, -0.05) is 0 Å². The maximum Gasteiger partial charge on any atom is 0.147 e. The van der Waals surface area contributed by atoms with Gasteiger partial charge in [0.2, 0.25) is 0 Å². The molecular formula is C10H23NO3S. The highest BCUT2D eigenvalue weighted by Gasteiger charge is 2.29. The van der Waals surface area contributed by atoms with Crippen LogP contribution < -0.4 is 0 Å². The lowest BCUT2D eigenvalue weighted by atomic mass is 9.93. The highest BCUT2D eigenvalue weighted by molar-refractivity contribution is 7.90. The summed E-state index contributed by atoms with van der Waals surface area (Å²) < 4.78 is 21.8. The van der Waals surface area contributed by atoms with Crippen molar-refractivity contribution in [3.8, 4) is 0 Å². The molecule has 1 unspecified atom stereocenters. The summed E-state index contributed by atoms with van der Waals surface area (Å²) in [5.41, 5.74) is -0.322. The minimum Gasteiger partial charge on any atom is -0.391 e. The zero-order valence-corrected chi connectivity index (χ0v) is 11.1. The maximum atomic E-state index is 10.9. The first-order chi connectivity index (χ1) is 6.57. The van der Waals surface area contributed by atoms with Gasteiger partial charge in [-0.15, -0.1) is 0 Å². The molecular weight excluding hydrogens is 214 g/mol. The van der Waals surface area contributed by atoms with E-state index in [-0.39, 0.29) is 11.3 Å². The first-order valence-corrected chi connectivity index (χ1v) is 7.16. The molecule has 1 atom stereocenters. The number of nitrogens with zero attached hydrogens (tertiary/aromatic N) is 1. The molecule has 15 heavy (non-hydrogen) atoms. The number of aliphatic hydroxyl groups is 1. The van der Waals surface area contributed by atoms with E-state index in [0.717, 1.165) is 0 Å². The summed E-state index contributed by atoms with van der Waals surface area (Å²) in [5.74, 6) is 0.146. The van der Waals surface area contributed by atoms with Gasteiger partial charge in [-0.3, -0.25) is 0 Å². The monoisotopic (exact) mass is 237 g/mol. The molecule has 0 saturated heterocycles.